The highest BCUT2D eigenvalue weighted by Gasteiger charge is 2.14. The van der Waals surface area contributed by atoms with E-state index in [1.54, 1.807) is 35.6 Å². The van der Waals surface area contributed by atoms with Crippen LogP contribution in [0.2, 0.25) is 0 Å². The first-order valence-electron chi connectivity index (χ1n) is 9.78. The van der Waals surface area contributed by atoms with Crippen LogP contribution in [-0.2, 0) is 23.6 Å². The number of carbonyl (C=O) groups is 2. The Kier molecular flexibility index (Phi) is 5.37. The van der Waals surface area contributed by atoms with Crippen LogP contribution in [0.15, 0.2) is 24.5 Å². The second kappa shape index (κ2) is 8.13. The van der Waals surface area contributed by atoms with Crippen molar-refractivity contribution in [2.24, 2.45) is 14.1 Å². The van der Waals surface area contributed by atoms with Crippen LogP contribution in [-0.4, -0.2) is 54.7 Å². The molecule has 0 aliphatic carbocycles. The summed E-state index contributed by atoms with van der Waals surface area (Å²) in [7, 11) is 3.60. The van der Waals surface area contributed by atoms with Crippen molar-refractivity contribution in [3.8, 4) is 0 Å². The van der Waals surface area contributed by atoms with E-state index in [9.17, 15) is 9.59 Å². The molecule has 4 rings (SSSR count). The molecule has 0 bridgehead atoms. The van der Waals surface area contributed by atoms with Crippen molar-refractivity contribution >= 4 is 34.0 Å². The minimum Gasteiger partial charge on any atom is -0.462 e. The second-order valence-electron chi connectivity index (χ2n) is 7.23. The molecule has 0 aromatic carbocycles. The van der Waals surface area contributed by atoms with Gasteiger partial charge in [-0.25, -0.2) is 19.6 Å². The molecule has 4 heterocycles. The van der Waals surface area contributed by atoms with E-state index in [0.29, 0.717) is 28.8 Å². The van der Waals surface area contributed by atoms with E-state index in [0.717, 1.165) is 22.2 Å². The van der Waals surface area contributed by atoms with Crippen LogP contribution in [0.5, 0.6) is 0 Å². The van der Waals surface area contributed by atoms with E-state index in [1.165, 1.54) is 12.4 Å². The van der Waals surface area contributed by atoms with Gasteiger partial charge in [0.25, 0.3) is 0 Å². The van der Waals surface area contributed by atoms with Crippen LogP contribution in [0, 0.1) is 13.8 Å². The van der Waals surface area contributed by atoms with Gasteiger partial charge >= 0.3 is 11.9 Å². The normalized spacial score (nSPS) is 11.2. The van der Waals surface area contributed by atoms with Crippen LogP contribution >= 0.6 is 0 Å². The van der Waals surface area contributed by atoms with E-state index in [1.807, 2.05) is 13.8 Å². The van der Waals surface area contributed by atoms with Gasteiger partial charge in [0.1, 0.15) is 0 Å². The summed E-state index contributed by atoms with van der Waals surface area (Å²) in [5.41, 5.74) is 3.70. The monoisotopic (exact) mass is 422 g/mol. The Morgan fingerprint density at radius 3 is 1.65 bits per heavy atom. The molecule has 0 amide bonds. The van der Waals surface area contributed by atoms with Gasteiger partial charge in [0.2, 0.25) is 0 Å². The van der Waals surface area contributed by atoms with Crippen molar-refractivity contribution in [2.45, 2.75) is 20.3 Å². The zero-order valence-corrected chi connectivity index (χ0v) is 17.7. The zero-order valence-electron chi connectivity index (χ0n) is 17.7. The van der Waals surface area contributed by atoms with Gasteiger partial charge < -0.3 is 9.47 Å². The van der Waals surface area contributed by atoms with E-state index < -0.39 is 11.9 Å². The predicted octanol–water partition coefficient (Wildman–Crippen LogP) is 2.27. The lowest BCUT2D eigenvalue weighted by Crippen LogP contribution is -2.11. The predicted molar refractivity (Wildman–Crippen MR) is 112 cm³/mol. The Hall–Kier alpha value is -3.82. The summed E-state index contributed by atoms with van der Waals surface area (Å²) in [5, 5.41) is 10.2. The molecule has 31 heavy (non-hydrogen) atoms. The molecule has 0 saturated heterocycles. The number of ether oxygens (including phenoxy) is 2. The van der Waals surface area contributed by atoms with Crippen molar-refractivity contribution in [3.63, 3.8) is 0 Å². The molecule has 0 aliphatic rings. The molecule has 0 fully saturated rings. The largest absolute Gasteiger partial charge is 0.462 e. The lowest BCUT2D eigenvalue weighted by Gasteiger charge is -2.07. The van der Waals surface area contributed by atoms with Crippen molar-refractivity contribution < 1.29 is 19.1 Å². The van der Waals surface area contributed by atoms with Gasteiger partial charge in [-0.15, -0.1) is 0 Å². The molecular formula is C21H22N6O4. The molecule has 10 nitrogen and oxygen atoms in total. The van der Waals surface area contributed by atoms with Crippen LogP contribution in [0.4, 0.5) is 0 Å². The first-order chi connectivity index (χ1) is 14.8. The number of fused-ring (bicyclic) bond motifs is 2. The molecule has 4 aromatic rings. The Balaban J connectivity index is 1.28. The standard InChI is InChI=1S/C21H22N6O4/c1-12-16-8-14(10-22-18(16)26(3)24-12)20(28)30-6-5-7-31-21(29)15-9-17-13(2)25-27(4)19(17)23-11-15/h8-11H,5-7H2,1-4H3. The minimum atomic E-state index is -0.481. The van der Waals surface area contributed by atoms with Crippen molar-refractivity contribution in [3.05, 3.63) is 47.0 Å². The van der Waals surface area contributed by atoms with Gasteiger partial charge in [-0.3, -0.25) is 9.36 Å². The number of rotatable bonds is 6. The molecule has 160 valence electrons. The topological polar surface area (TPSA) is 114 Å². The first kappa shape index (κ1) is 20.5. The van der Waals surface area contributed by atoms with Crippen LogP contribution in [0.1, 0.15) is 38.5 Å². The molecule has 0 radical (unpaired) electrons. The zero-order chi connectivity index (χ0) is 22.1. The van der Waals surface area contributed by atoms with Crippen molar-refractivity contribution in [1.29, 1.82) is 0 Å². The molecule has 0 spiro atoms. The molecule has 4 aromatic heterocycles. The molecular weight excluding hydrogens is 400 g/mol. The van der Waals surface area contributed by atoms with E-state index >= 15 is 0 Å². The van der Waals surface area contributed by atoms with Crippen LogP contribution in [0.25, 0.3) is 22.1 Å². The summed E-state index contributed by atoms with van der Waals surface area (Å²) < 4.78 is 13.9. The van der Waals surface area contributed by atoms with Gasteiger partial charge in [-0.2, -0.15) is 10.2 Å². The first-order valence-corrected chi connectivity index (χ1v) is 9.78. The number of carbonyl (C=O) groups excluding carboxylic acids is 2. The maximum Gasteiger partial charge on any atom is 0.339 e. The van der Waals surface area contributed by atoms with Gasteiger partial charge in [-0.05, 0) is 26.0 Å². The quantitative estimate of drug-likeness (QED) is 0.343. The summed E-state index contributed by atoms with van der Waals surface area (Å²) in [6.07, 6.45) is 3.31. The highest BCUT2D eigenvalue weighted by atomic mass is 16.5. The SMILES string of the molecule is Cc1nn(C)c2ncc(C(=O)OCCCOC(=O)c3cnc4c(c3)c(C)nn4C)cc12. The lowest BCUT2D eigenvalue weighted by atomic mass is 10.2. The third kappa shape index (κ3) is 3.96. The fourth-order valence-electron chi connectivity index (χ4n) is 3.39. The molecule has 10 heteroatoms. The molecule has 0 atom stereocenters. The highest BCUT2D eigenvalue weighted by molar-refractivity contribution is 5.94. The van der Waals surface area contributed by atoms with Gasteiger partial charge in [0.05, 0.1) is 35.7 Å². The summed E-state index contributed by atoms with van der Waals surface area (Å²) in [5.74, 6) is -0.962. The van der Waals surface area contributed by atoms with Crippen LogP contribution in [0.3, 0.4) is 0 Å². The number of nitrogens with zero attached hydrogens (tertiary/aromatic N) is 6. The fourth-order valence-corrected chi connectivity index (χ4v) is 3.39. The summed E-state index contributed by atoms with van der Waals surface area (Å²) in [6.45, 7) is 3.96. The smallest absolute Gasteiger partial charge is 0.339 e. The Morgan fingerprint density at radius 1 is 0.806 bits per heavy atom. The number of pyridine rings is 2. The lowest BCUT2D eigenvalue weighted by molar-refractivity contribution is 0.0395. The summed E-state index contributed by atoms with van der Waals surface area (Å²) in [6, 6.07) is 3.44. The number of esters is 2. The third-order valence-corrected chi connectivity index (χ3v) is 4.95. The highest BCUT2D eigenvalue weighted by Crippen LogP contribution is 2.18. The van der Waals surface area contributed by atoms with Crippen molar-refractivity contribution in [2.75, 3.05) is 13.2 Å². The average Bonchev–Trinajstić information content (AvgIpc) is 3.21. The number of aromatic nitrogens is 6. The Bertz CT molecular complexity index is 1210. The second-order valence-corrected chi connectivity index (χ2v) is 7.23. The maximum absolute atomic E-state index is 12.3. The van der Waals surface area contributed by atoms with Crippen LogP contribution < -0.4 is 0 Å². The average molecular weight is 422 g/mol. The molecule has 0 unspecified atom stereocenters. The van der Waals surface area contributed by atoms with E-state index in [2.05, 4.69) is 20.2 Å². The number of hydrogen-bond acceptors (Lipinski definition) is 8. The van der Waals surface area contributed by atoms with Gasteiger partial charge in [0, 0.05) is 43.7 Å². The Labute approximate surface area is 177 Å². The molecule has 0 N–H and O–H groups in total. The van der Waals surface area contributed by atoms with E-state index in [-0.39, 0.29) is 13.2 Å². The third-order valence-electron chi connectivity index (χ3n) is 4.95. The van der Waals surface area contributed by atoms with E-state index in [4.69, 9.17) is 9.47 Å². The molecule has 0 saturated carbocycles. The Morgan fingerprint density at radius 2 is 1.23 bits per heavy atom. The van der Waals surface area contributed by atoms with Gasteiger partial charge in [0.15, 0.2) is 11.3 Å². The number of aryl methyl sites for hydroxylation is 4. The van der Waals surface area contributed by atoms with Gasteiger partial charge in [-0.1, -0.05) is 0 Å². The summed E-state index contributed by atoms with van der Waals surface area (Å²) in [4.78, 5) is 33.1. The molecule has 0 aliphatic heterocycles. The van der Waals surface area contributed by atoms with Crippen molar-refractivity contribution in [1.82, 2.24) is 29.5 Å². The maximum atomic E-state index is 12.3. The summed E-state index contributed by atoms with van der Waals surface area (Å²) >= 11 is 0. The fraction of sp³-hybridized carbons (Fsp3) is 0.333. The number of hydrogen-bond donors (Lipinski definition) is 0. The minimum absolute atomic E-state index is 0.120.